The maximum absolute atomic E-state index is 6.00. The van der Waals surface area contributed by atoms with Crippen molar-refractivity contribution in [3.05, 3.63) is 0 Å². The van der Waals surface area contributed by atoms with E-state index >= 15 is 0 Å². The van der Waals surface area contributed by atoms with Gasteiger partial charge in [-0.2, -0.15) is 0 Å². The van der Waals surface area contributed by atoms with Gasteiger partial charge in [-0.1, -0.05) is 27.7 Å². The molecule has 1 fully saturated rings. The van der Waals surface area contributed by atoms with Gasteiger partial charge in [-0.3, -0.25) is 4.90 Å². The van der Waals surface area contributed by atoms with Crippen molar-refractivity contribution in [1.29, 1.82) is 0 Å². The number of rotatable bonds is 8. The molecule has 18 heavy (non-hydrogen) atoms. The van der Waals surface area contributed by atoms with Gasteiger partial charge in [0.25, 0.3) is 0 Å². The van der Waals surface area contributed by atoms with Crippen molar-refractivity contribution in [1.82, 2.24) is 10.2 Å². The second kappa shape index (κ2) is 8.89. The number of nitrogens with one attached hydrogen (secondary N) is 1. The standard InChI is InChI=1S/C15H32N2O/c1-5-9-16-14(8-7-13(3)4)15-12-17(6-2)10-11-18-15/h13-16H,5-12H2,1-4H3. The molecule has 0 bridgehead atoms. The number of hydrogen-bond donors (Lipinski definition) is 1. The van der Waals surface area contributed by atoms with Crippen molar-refractivity contribution in [2.24, 2.45) is 5.92 Å². The number of nitrogens with zero attached hydrogens (tertiary/aromatic N) is 1. The summed E-state index contributed by atoms with van der Waals surface area (Å²) in [5.41, 5.74) is 0. The summed E-state index contributed by atoms with van der Waals surface area (Å²) in [6.07, 6.45) is 4.10. The monoisotopic (exact) mass is 256 g/mol. The van der Waals surface area contributed by atoms with Crippen LogP contribution >= 0.6 is 0 Å². The minimum absolute atomic E-state index is 0.379. The Hall–Kier alpha value is -0.120. The maximum atomic E-state index is 6.00. The van der Waals surface area contributed by atoms with E-state index < -0.39 is 0 Å². The summed E-state index contributed by atoms with van der Waals surface area (Å²) in [6.45, 7) is 14.4. The molecule has 1 saturated heterocycles. The van der Waals surface area contributed by atoms with Gasteiger partial charge >= 0.3 is 0 Å². The van der Waals surface area contributed by atoms with Crippen LogP contribution in [-0.2, 0) is 4.74 Å². The molecule has 0 aliphatic carbocycles. The molecule has 1 aliphatic heterocycles. The molecule has 3 nitrogen and oxygen atoms in total. The first-order chi connectivity index (χ1) is 8.67. The van der Waals surface area contributed by atoms with Crippen LogP contribution in [0.15, 0.2) is 0 Å². The maximum Gasteiger partial charge on any atom is 0.0855 e. The second-order valence-electron chi connectivity index (χ2n) is 5.83. The average Bonchev–Trinajstić information content (AvgIpc) is 2.38. The van der Waals surface area contributed by atoms with Crippen molar-refractivity contribution >= 4 is 0 Å². The highest BCUT2D eigenvalue weighted by Crippen LogP contribution is 2.15. The number of ether oxygens (including phenoxy) is 1. The van der Waals surface area contributed by atoms with Crippen molar-refractivity contribution in [3.8, 4) is 0 Å². The van der Waals surface area contributed by atoms with Crippen LogP contribution in [0.1, 0.15) is 47.0 Å². The van der Waals surface area contributed by atoms with Crippen LogP contribution < -0.4 is 5.32 Å². The number of morpholine rings is 1. The van der Waals surface area contributed by atoms with Gasteiger partial charge in [0, 0.05) is 19.1 Å². The van der Waals surface area contributed by atoms with E-state index in [1.807, 2.05) is 0 Å². The molecule has 0 amide bonds. The Balaban J connectivity index is 2.45. The van der Waals surface area contributed by atoms with Gasteiger partial charge in [-0.05, 0) is 38.3 Å². The first-order valence-electron chi connectivity index (χ1n) is 7.74. The van der Waals surface area contributed by atoms with E-state index in [-0.39, 0.29) is 0 Å². The Morgan fingerprint density at radius 3 is 2.67 bits per heavy atom. The fourth-order valence-corrected chi connectivity index (χ4v) is 2.52. The molecule has 1 aliphatic rings. The van der Waals surface area contributed by atoms with Crippen LogP contribution in [0.25, 0.3) is 0 Å². The lowest BCUT2D eigenvalue weighted by Crippen LogP contribution is -2.52. The Labute approximate surface area is 113 Å². The summed E-state index contributed by atoms with van der Waals surface area (Å²) in [5, 5.41) is 3.69. The Kier molecular flexibility index (Phi) is 7.87. The normalized spacial score (nSPS) is 23.5. The fraction of sp³-hybridized carbons (Fsp3) is 1.00. The van der Waals surface area contributed by atoms with E-state index in [2.05, 4.69) is 37.9 Å². The summed E-state index contributed by atoms with van der Waals surface area (Å²) < 4.78 is 6.00. The fourth-order valence-electron chi connectivity index (χ4n) is 2.52. The predicted octanol–water partition coefficient (Wildman–Crippen LogP) is 2.51. The molecule has 108 valence electrons. The van der Waals surface area contributed by atoms with Crippen molar-refractivity contribution in [3.63, 3.8) is 0 Å². The topological polar surface area (TPSA) is 24.5 Å². The largest absolute Gasteiger partial charge is 0.374 e. The van der Waals surface area contributed by atoms with E-state index in [0.717, 1.165) is 38.7 Å². The lowest BCUT2D eigenvalue weighted by molar-refractivity contribution is -0.0467. The van der Waals surface area contributed by atoms with Crippen LogP contribution in [0.4, 0.5) is 0 Å². The molecule has 0 aromatic heterocycles. The highest BCUT2D eigenvalue weighted by molar-refractivity contribution is 4.83. The van der Waals surface area contributed by atoms with Gasteiger partial charge in [0.1, 0.15) is 0 Å². The Morgan fingerprint density at radius 1 is 1.28 bits per heavy atom. The summed E-state index contributed by atoms with van der Waals surface area (Å²) >= 11 is 0. The van der Waals surface area contributed by atoms with Gasteiger partial charge < -0.3 is 10.1 Å². The Morgan fingerprint density at radius 2 is 2.06 bits per heavy atom. The highest BCUT2D eigenvalue weighted by atomic mass is 16.5. The van der Waals surface area contributed by atoms with E-state index in [1.165, 1.54) is 19.3 Å². The van der Waals surface area contributed by atoms with Gasteiger partial charge in [0.15, 0.2) is 0 Å². The second-order valence-corrected chi connectivity index (χ2v) is 5.83. The van der Waals surface area contributed by atoms with Gasteiger partial charge in [0.05, 0.1) is 12.7 Å². The van der Waals surface area contributed by atoms with Crippen molar-refractivity contribution in [2.45, 2.75) is 59.1 Å². The first kappa shape index (κ1) is 15.9. The number of hydrogen-bond acceptors (Lipinski definition) is 3. The minimum Gasteiger partial charge on any atom is -0.374 e. The third-order valence-corrected chi connectivity index (χ3v) is 3.79. The zero-order chi connectivity index (χ0) is 13.4. The highest BCUT2D eigenvalue weighted by Gasteiger charge is 2.26. The molecule has 3 heteroatoms. The molecule has 2 atom stereocenters. The number of likely N-dealkylation sites (N-methyl/N-ethyl adjacent to an activating group) is 1. The van der Waals surface area contributed by atoms with E-state index in [1.54, 1.807) is 0 Å². The summed E-state index contributed by atoms with van der Waals surface area (Å²) in [7, 11) is 0. The zero-order valence-corrected chi connectivity index (χ0v) is 12.7. The Bertz CT molecular complexity index is 209. The third kappa shape index (κ3) is 5.68. The molecular weight excluding hydrogens is 224 g/mol. The molecule has 2 unspecified atom stereocenters. The van der Waals surface area contributed by atoms with Crippen LogP contribution in [0, 0.1) is 5.92 Å². The molecule has 0 saturated carbocycles. The lowest BCUT2D eigenvalue weighted by atomic mass is 9.98. The quantitative estimate of drug-likeness (QED) is 0.722. The van der Waals surface area contributed by atoms with Crippen LogP contribution in [0.3, 0.4) is 0 Å². The summed E-state index contributed by atoms with van der Waals surface area (Å²) in [5.74, 6) is 0.779. The molecule has 0 aromatic carbocycles. The van der Waals surface area contributed by atoms with Crippen LogP contribution in [-0.4, -0.2) is 49.8 Å². The first-order valence-corrected chi connectivity index (χ1v) is 7.74. The van der Waals surface area contributed by atoms with E-state index in [9.17, 15) is 0 Å². The molecule has 1 N–H and O–H groups in total. The molecule has 1 heterocycles. The molecule has 0 spiro atoms. The molecule has 0 radical (unpaired) electrons. The SMILES string of the molecule is CCCNC(CCC(C)C)C1CN(CC)CCO1. The third-order valence-electron chi connectivity index (χ3n) is 3.79. The van der Waals surface area contributed by atoms with Crippen molar-refractivity contribution in [2.75, 3.05) is 32.8 Å². The predicted molar refractivity (Wildman–Crippen MR) is 78.0 cm³/mol. The molecular formula is C15H32N2O. The summed E-state index contributed by atoms with van der Waals surface area (Å²) in [6, 6.07) is 0.529. The van der Waals surface area contributed by atoms with Gasteiger partial charge in [0.2, 0.25) is 0 Å². The minimum atomic E-state index is 0.379. The van der Waals surface area contributed by atoms with Crippen molar-refractivity contribution < 1.29 is 4.74 Å². The van der Waals surface area contributed by atoms with Gasteiger partial charge in [-0.15, -0.1) is 0 Å². The smallest absolute Gasteiger partial charge is 0.0855 e. The average molecular weight is 256 g/mol. The van der Waals surface area contributed by atoms with Crippen LogP contribution in [0.5, 0.6) is 0 Å². The van der Waals surface area contributed by atoms with E-state index in [0.29, 0.717) is 12.1 Å². The van der Waals surface area contributed by atoms with E-state index in [4.69, 9.17) is 4.74 Å². The van der Waals surface area contributed by atoms with Crippen LogP contribution in [0.2, 0.25) is 0 Å². The zero-order valence-electron chi connectivity index (χ0n) is 12.7. The molecule has 1 rings (SSSR count). The van der Waals surface area contributed by atoms with Gasteiger partial charge in [-0.25, -0.2) is 0 Å². The lowest BCUT2D eigenvalue weighted by Gasteiger charge is -2.37. The molecule has 0 aromatic rings. The summed E-state index contributed by atoms with van der Waals surface area (Å²) in [4.78, 5) is 2.50.